The van der Waals surface area contributed by atoms with Crippen molar-refractivity contribution in [1.82, 2.24) is 10.2 Å². The first-order chi connectivity index (χ1) is 20.5. The van der Waals surface area contributed by atoms with E-state index in [9.17, 15) is 14.4 Å². The molecule has 9 nitrogen and oxygen atoms in total. The minimum atomic E-state index is -0.709. The lowest BCUT2D eigenvalue weighted by molar-refractivity contribution is -0.125. The highest BCUT2D eigenvalue weighted by atomic mass is 32.2. The number of fused-ring (bicyclic) bond motifs is 3. The zero-order valence-electron chi connectivity index (χ0n) is 23.6. The average Bonchev–Trinajstić information content (AvgIpc) is 3.35. The lowest BCUT2D eigenvalue weighted by Crippen LogP contribution is -2.42. The molecule has 2 aliphatic heterocycles. The first-order valence-electron chi connectivity index (χ1n) is 14.0. The second kappa shape index (κ2) is 13.5. The Bertz CT molecular complexity index is 1520. The van der Waals surface area contributed by atoms with Crippen LogP contribution < -0.4 is 15.4 Å². The van der Waals surface area contributed by atoms with E-state index in [1.807, 2.05) is 73.7 Å². The molecule has 42 heavy (non-hydrogen) atoms. The minimum absolute atomic E-state index is 0.119. The summed E-state index contributed by atoms with van der Waals surface area (Å²) in [5.74, 6) is 0.477. The second-order valence-electron chi connectivity index (χ2n) is 9.88. The van der Waals surface area contributed by atoms with Crippen LogP contribution in [0.3, 0.4) is 0 Å². The fraction of sp³-hybridized carbons (Fsp3) is 0.281. The van der Waals surface area contributed by atoms with Crippen LogP contribution in [0.1, 0.15) is 37.3 Å². The van der Waals surface area contributed by atoms with E-state index in [2.05, 4.69) is 10.6 Å². The van der Waals surface area contributed by atoms with Crippen molar-refractivity contribution < 1.29 is 19.1 Å². The molecule has 2 N–H and O–H groups in total. The van der Waals surface area contributed by atoms with Crippen molar-refractivity contribution in [3.8, 4) is 5.75 Å². The van der Waals surface area contributed by atoms with E-state index >= 15 is 0 Å². The molecule has 3 aromatic rings. The second-order valence-corrected chi connectivity index (χ2v) is 11.1. The first kappa shape index (κ1) is 29.1. The first-order valence-corrected chi connectivity index (χ1v) is 14.9. The molecule has 2 aliphatic rings. The summed E-state index contributed by atoms with van der Waals surface area (Å²) in [5, 5.41) is 5.75. The summed E-state index contributed by atoms with van der Waals surface area (Å²) in [6.07, 6.45) is 1.70. The van der Waals surface area contributed by atoms with E-state index in [-0.39, 0.29) is 30.6 Å². The number of nitrogens with zero attached hydrogens (tertiary/aromatic N) is 3. The van der Waals surface area contributed by atoms with Gasteiger partial charge in [0, 0.05) is 18.5 Å². The standard InChI is InChI=1S/C32H33N5O4S/c1-3-27(30(39)35-24-15-9-10-16-26(24)41-2)42-32-36-23-14-8-7-13-22(23)29-34-25(31(40)37(29)32)17-18-28(38)33-20-19-21-11-5-4-6-12-21/h4-16,25,27H,3,17-20H2,1-2H3,(H,33,38)(H,35,39)/t25-,27-/m0/s1. The van der Waals surface area contributed by atoms with Crippen LogP contribution in [0.25, 0.3) is 0 Å². The summed E-state index contributed by atoms with van der Waals surface area (Å²) >= 11 is 1.23. The van der Waals surface area contributed by atoms with Gasteiger partial charge in [-0.2, -0.15) is 0 Å². The number of nitrogens with one attached hydrogen (secondary N) is 2. The summed E-state index contributed by atoms with van der Waals surface area (Å²) in [6.45, 7) is 2.44. The van der Waals surface area contributed by atoms with Gasteiger partial charge >= 0.3 is 0 Å². The molecule has 0 unspecified atom stereocenters. The number of methoxy groups -OCH3 is 1. The molecule has 0 aromatic heterocycles. The molecule has 0 fully saturated rings. The smallest absolute Gasteiger partial charge is 0.259 e. The maximum atomic E-state index is 13.7. The van der Waals surface area contributed by atoms with Crippen LogP contribution in [-0.2, 0) is 20.8 Å². The van der Waals surface area contributed by atoms with Gasteiger partial charge in [0.2, 0.25) is 11.8 Å². The molecule has 216 valence electrons. The van der Waals surface area contributed by atoms with Gasteiger partial charge in [-0.05, 0) is 49.1 Å². The molecule has 0 spiro atoms. The number of ether oxygens (including phenoxy) is 1. The number of anilines is 1. The van der Waals surface area contributed by atoms with Gasteiger partial charge in [0.05, 0.1) is 23.7 Å². The van der Waals surface area contributed by atoms with Gasteiger partial charge in [0.25, 0.3) is 5.91 Å². The number of para-hydroxylation sites is 3. The molecule has 0 radical (unpaired) electrons. The molecule has 0 aliphatic carbocycles. The Morgan fingerprint density at radius 1 is 1.02 bits per heavy atom. The van der Waals surface area contributed by atoms with Crippen LogP contribution >= 0.6 is 11.8 Å². The molecular weight excluding hydrogens is 550 g/mol. The molecule has 3 aromatic carbocycles. The molecule has 0 saturated heterocycles. The number of thioether (sulfide) groups is 1. The average molecular weight is 584 g/mol. The Labute approximate surface area is 249 Å². The lowest BCUT2D eigenvalue weighted by Gasteiger charge is -2.27. The van der Waals surface area contributed by atoms with Gasteiger partial charge in [-0.1, -0.05) is 73.3 Å². The number of hydrogen-bond donors (Lipinski definition) is 2. The van der Waals surface area contributed by atoms with E-state index in [4.69, 9.17) is 14.7 Å². The number of aliphatic imine (C=N–C) groups is 2. The molecule has 0 bridgehead atoms. The Balaban J connectivity index is 1.27. The van der Waals surface area contributed by atoms with E-state index in [1.54, 1.807) is 19.2 Å². The Hall–Kier alpha value is -4.44. The number of carbonyl (C=O) groups excluding carboxylic acids is 3. The summed E-state index contributed by atoms with van der Waals surface area (Å²) in [6, 6.07) is 24.0. The fourth-order valence-corrected chi connectivity index (χ4v) is 5.85. The summed E-state index contributed by atoms with van der Waals surface area (Å²) in [5.41, 5.74) is 3.15. The van der Waals surface area contributed by atoms with Crippen LogP contribution in [-0.4, -0.2) is 58.6 Å². The van der Waals surface area contributed by atoms with Crippen LogP contribution in [0.15, 0.2) is 88.8 Å². The van der Waals surface area contributed by atoms with Crippen molar-refractivity contribution >= 4 is 51.9 Å². The third kappa shape index (κ3) is 6.54. The topological polar surface area (TPSA) is 112 Å². The van der Waals surface area contributed by atoms with Gasteiger partial charge in [-0.3, -0.25) is 19.4 Å². The monoisotopic (exact) mass is 583 g/mol. The van der Waals surface area contributed by atoms with E-state index in [0.29, 0.717) is 41.1 Å². The van der Waals surface area contributed by atoms with Crippen LogP contribution in [0, 0.1) is 0 Å². The highest BCUT2D eigenvalue weighted by molar-refractivity contribution is 8.15. The zero-order chi connectivity index (χ0) is 29.5. The number of amidine groups is 2. The fourth-order valence-electron chi connectivity index (χ4n) is 4.83. The molecule has 0 saturated carbocycles. The quantitative estimate of drug-likeness (QED) is 0.332. The zero-order valence-corrected chi connectivity index (χ0v) is 24.4. The third-order valence-corrected chi connectivity index (χ3v) is 8.36. The molecule has 2 atom stereocenters. The number of amides is 3. The van der Waals surface area contributed by atoms with Crippen LogP contribution in [0.4, 0.5) is 11.4 Å². The Kier molecular flexibility index (Phi) is 9.33. The SMILES string of the molecule is CC[C@H](SC1=Nc2ccccc2C2=N[C@@H](CCC(=O)NCCc3ccccc3)C(=O)N12)C(=O)Nc1ccccc1OC. The minimum Gasteiger partial charge on any atom is -0.495 e. The predicted octanol–water partition coefficient (Wildman–Crippen LogP) is 4.94. The maximum Gasteiger partial charge on any atom is 0.259 e. The van der Waals surface area contributed by atoms with Gasteiger partial charge in [0.1, 0.15) is 17.6 Å². The summed E-state index contributed by atoms with van der Waals surface area (Å²) < 4.78 is 5.37. The third-order valence-electron chi connectivity index (χ3n) is 7.05. The molecule has 2 heterocycles. The van der Waals surface area contributed by atoms with Crippen LogP contribution in [0.5, 0.6) is 5.75 Å². The highest BCUT2D eigenvalue weighted by Gasteiger charge is 2.42. The summed E-state index contributed by atoms with van der Waals surface area (Å²) in [4.78, 5) is 50.5. The maximum absolute atomic E-state index is 13.7. The van der Waals surface area contributed by atoms with Crippen molar-refractivity contribution in [3.05, 3.63) is 90.0 Å². The Morgan fingerprint density at radius 2 is 1.76 bits per heavy atom. The largest absolute Gasteiger partial charge is 0.495 e. The van der Waals surface area contributed by atoms with E-state index in [1.165, 1.54) is 16.7 Å². The number of carbonyl (C=O) groups is 3. The highest BCUT2D eigenvalue weighted by Crippen LogP contribution is 2.36. The molecule has 5 rings (SSSR count). The number of hydrogen-bond acceptors (Lipinski definition) is 7. The number of rotatable bonds is 11. The van der Waals surface area contributed by atoms with Gasteiger partial charge in [-0.15, -0.1) is 0 Å². The van der Waals surface area contributed by atoms with Crippen molar-refractivity contribution in [1.29, 1.82) is 0 Å². The van der Waals surface area contributed by atoms with Crippen molar-refractivity contribution in [2.24, 2.45) is 9.98 Å². The number of benzene rings is 3. The van der Waals surface area contributed by atoms with E-state index in [0.717, 1.165) is 17.5 Å². The predicted molar refractivity (Wildman–Crippen MR) is 166 cm³/mol. The normalized spacial score (nSPS) is 16.1. The molecular formula is C32H33N5O4S. The summed E-state index contributed by atoms with van der Waals surface area (Å²) in [7, 11) is 1.55. The van der Waals surface area contributed by atoms with Crippen LogP contribution in [0.2, 0.25) is 0 Å². The molecule has 10 heteroatoms. The van der Waals surface area contributed by atoms with E-state index < -0.39 is 11.3 Å². The van der Waals surface area contributed by atoms with Gasteiger partial charge in [0.15, 0.2) is 5.17 Å². The van der Waals surface area contributed by atoms with Gasteiger partial charge in [-0.25, -0.2) is 9.89 Å². The Morgan fingerprint density at radius 3 is 2.55 bits per heavy atom. The van der Waals surface area contributed by atoms with Gasteiger partial charge < -0.3 is 15.4 Å². The van der Waals surface area contributed by atoms with Crippen molar-refractivity contribution in [2.45, 2.75) is 43.9 Å². The van der Waals surface area contributed by atoms with Crippen molar-refractivity contribution in [2.75, 3.05) is 19.0 Å². The molecule has 3 amide bonds. The lowest BCUT2D eigenvalue weighted by atomic mass is 10.1. The van der Waals surface area contributed by atoms with Crippen molar-refractivity contribution in [3.63, 3.8) is 0 Å².